The van der Waals surface area contributed by atoms with Crippen LogP contribution in [0.4, 0.5) is 0 Å². The standard InChI is InChI=1S/C17H15ClN2O.ClH/c1-11(18)10-15(19)12-6-2-3-7-13(12)17-14-8-4-5-9-16(14)21-20-17;/h2-10,15H,19H2,1H3;1H/b11-10+;. The van der Waals surface area contributed by atoms with E-state index in [-0.39, 0.29) is 18.4 Å². The summed E-state index contributed by atoms with van der Waals surface area (Å²) in [4.78, 5) is 0. The third-order valence-corrected chi connectivity index (χ3v) is 3.49. The first kappa shape index (κ1) is 16.6. The van der Waals surface area contributed by atoms with E-state index in [2.05, 4.69) is 5.16 Å². The highest BCUT2D eigenvalue weighted by Crippen LogP contribution is 2.32. The van der Waals surface area contributed by atoms with Crippen LogP contribution >= 0.6 is 24.0 Å². The molecule has 0 aliphatic rings. The first-order valence-corrected chi connectivity index (χ1v) is 7.08. The maximum Gasteiger partial charge on any atom is 0.167 e. The number of benzene rings is 2. The Labute approximate surface area is 140 Å². The molecule has 1 atom stereocenters. The van der Waals surface area contributed by atoms with Gasteiger partial charge in [-0.2, -0.15) is 0 Å². The SMILES string of the molecule is C/C(Cl)=C\C(N)c1ccccc1-c1noc2ccccc12.Cl. The van der Waals surface area contributed by atoms with Crippen LogP contribution in [0.25, 0.3) is 22.2 Å². The van der Waals surface area contributed by atoms with E-state index in [1.54, 1.807) is 0 Å². The fraction of sp³-hybridized carbons (Fsp3) is 0.118. The van der Waals surface area contributed by atoms with Crippen molar-refractivity contribution in [1.29, 1.82) is 0 Å². The first-order chi connectivity index (χ1) is 10.2. The molecule has 22 heavy (non-hydrogen) atoms. The predicted molar refractivity (Wildman–Crippen MR) is 93.2 cm³/mol. The van der Waals surface area contributed by atoms with Gasteiger partial charge in [0.2, 0.25) is 0 Å². The van der Waals surface area contributed by atoms with Crippen molar-refractivity contribution in [2.75, 3.05) is 0 Å². The summed E-state index contributed by atoms with van der Waals surface area (Å²) in [5, 5.41) is 5.85. The maximum absolute atomic E-state index is 6.23. The van der Waals surface area contributed by atoms with Gasteiger partial charge in [-0.1, -0.05) is 53.2 Å². The van der Waals surface area contributed by atoms with Crippen LogP contribution in [-0.4, -0.2) is 5.16 Å². The van der Waals surface area contributed by atoms with Gasteiger partial charge in [0.25, 0.3) is 0 Å². The monoisotopic (exact) mass is 334 g/mol. The summed E-state index contributed by atoms with van der Waals surface area (Å²) in [7, 11) is 0. The van der Waals surface area contributed by atoms with Crippen molar-refractivity contribution in [2.45, 2.75) is 13.0 Å². The molecule has 2 aromatic carbocycles. The number of halogens is 2. The minimum Gasteiger partial charge on any atom is -0.356 e. The van der Waals surface area contributed by atoms with Crippen molar-refractivity contribution in [1.82, 2.24) is 5.16 Å². The second-order valence-electron chi connectivity index (χ2n) is 4.89. The number of nitrogens with two attached hydrogens (primary N) is 1. The fourth-order valence-corrected chi connectivity index (χ4v) is 2.56. The third-order valence-electron chi connectivity index (χ3n) is 3.36. The molecule has 0 aliphatic heterocycles. The lowest BCUT2D eigenvalue weighted by Gasteiger charge is -2.12. The number of fused-ring (bicyclic) bond motifs is 1. The molecular weight excluding hydrogens is 319 g/mol. The zero-order chi connectivity index (χ0) is 14.8. The van der Waals surface area contributed by atoms with Crippen LogP contribution in [0.15, 0.2) is 64.2 Å². The van der Waals surface area contributed by atoms with Crippen LogP contribution in [0, 0.1) is 0 Å². The Balaban J connectivity index is 0.00000176. The molecule has 5 heteroatoms. The molecule has 114 valence electrons. The van der Waals surface area contributed by atoms with Gasteiger partial charge >= 0.3 is 0 Å². The van der Waals surface area contributed by atoms with Crippen molar-refractivity contribution in [3.8, 4) is 11.3 Å². The van der Waals surface area contributed by atoms with Gasteiger partial charge in [-0.25, -0.2) is 0 Å². The summed E-state index contributed by atoms with van der Waals surface area (Å²) in [5.41, 5.74) is 9.73. The summed E-state index contributed by atoms with van der Waals surface area (Å²) >= 11 is 5.94. The molecule has 0 amide bonds. The zero-order valence-electron chi connectivity index (χ0n) is 12.0. The van der Waals surface area contributed by atoms with Crippen molar-refractivity contribution in [3.05, 3.63) is 65.2 Å². The second-order valence-corrected chi connectivity index (χ2v) is 5.49. The smallest absolute Gasteiger partial charge is 0.167 e. The van der Waals surface area contributed by atoms with E-state index < -0.39 is 0 Å². The number of nitrogens with zero attached hydrogens (tertiary/aromatic N) is 1. The van der Waals surface area contributed by atoms with E-state index in [4.69, 9.17) is 21.9 Å². The van der Waals surface area contributed by atoms with Crippen LogP contribution in [0.1, 0.15) is 18.5 Å². The lowest BCUT2D eigenvalue weighted by atomic mass is 9.96. The van der Waals surface area contributed by atoms with E-state index in [9.17, 15) is 0 Å². The Morgan fingerprint density at radius 3 is 2.64 bits per heavy atom. The highest BCUT2D eigenvalue weighted by Gasteiger charge is 2.16. The molecule has 3 rings (SSSR count). The minimum atomic E-state index is -0.283. The summed E-state index contributed by atoms with van der Waals surface area (Å²) < 4.78 is 5.39. The molecule has 0 spiro atoms. The van der Waals surface area contributed by atoms with Gasteiger partial charge < -0.3 is 10.3 Å². The number of hydrogen-bond donors (Lipinski definition) is 1. The molecule has 1 heterocycles. The molecule has 0 fully saturated rings. The summed E-state index contributed by atoms with van der Waals surface area (Å²) in [5.74, 6) is 0. The Morgan fingerprint density at radius 2 is 1.86 bits per heavy atom. The lowest BCUT2D eigenvalue weighted by molar-refractivity contribution is 0.459. The topological polar surface area (TPSA) is 52.0 Å². The van der Waals surface area contributed by atoms with Crippen LogP contribution in [0.5, 0.6) is 0 Å². The van der Waals surface area contributed by atoms with Gasteiger partial charge in [0, 0.05) is 16.0 Å². The predicted octanol–water partition coefficient (Wildman–Crippen LogP) is 5.06. The normalized spacial score (nSPS) is 13.0. The largest absolute Gasteiger partial charge is 0.356 e. The highest BCUT2D eigenvalue weighted by molar-refractivity contribution is 6.29. The number of aromatic nitrogens is 1. The average Bonchev–Trinajstić information content (AvgIpc) is 2.90. The van der Waals surface area contributed by atoms with Crippen LogP contribution in [0.2, 0.25) is 0 Å². The maximum atomic E-state index is 6.23. The van der Waals surface area contributed by atoms with E-state index in [1.807, 2.05) is 61.5 Å². The van der Waals surface area contributed by atoms with Gasteiger partial charge in [0.15, 0.2) is 5.58 Å². The fourth-order valence-electron chi connectivity index (χ4n) is 2.42. The van der Waals surface area contributed by atoms with Crippen molar-refractivity contribution in [2.24, 2.45) is 5.73 Å². The van der Waals surface area contributed by atoms with Crippen molar-refractivity contribution < 1.29 is 4.52 Å². The highest BCUT2D eigenvalue weighted by atomic mass is 35.5. The van der Waals surface area contributed by atoms with E-state index in [1.165, 1.54) is 0 Å². The molecule has 2 N–H and O–H groups in total. The number of allylic oxidation sites excluding steroid dienone is 1. The lowest BCUT2D eigenvalue weighted by Crippen LogP contribution is -2.08. The van der Waals surface area contributed by atoms with Crippen LogP contribution < -0.4 is 5.73 Å². The number of para-hydroxylation sites is 1. The summed E-state index contributed by atoms with van der Waals surface area (Å²) in [6.07, 6.45) is 1.82. The van der Waals surface area contributed by atoms with Gasteiger partial charge in [-0.05, 0) is 30.7 Å². The Morgan fingerprint density at radius 1 is 1.18 bits per heavy atom. The van der Waals surface area contributed by atoms with Crippen molar-refractivity contribution in [3.63, 3.8) is 0 Å². The molecule has 0 aliphatic carbocycles. The quantitative estimate of drug-likeness (QED) is 0.728. The Hall–Kier alpha value is -1.81. The molecule has 0 saturated heterocycles. The minimum absolute atomic E-state index is 0. The first-order valence-electron chi connectivity index (χ1n) is 6.70. The molecular formula is C17H16Cl2N2O. The summed E-state index contributed by atoms with van der Waals surface area (Å²) in [6, 6.07) is 15.4. The van der Waals surface area contributed by atoms with Gasteiger partial charge in [0.1, 0.15) is 5.69 Å². The molecule has 0 saturated carbocycles. The third kappa shape index (κ3) is 3.17. The molecule has 0 bridgehead atoms. The summed E-state index contributed by atoms with van der Waals surface area (Å²) in [6.45, 7) is 1.82. The van der Waals surface area contributed by atoms with Gasteiger partial charge in [-0.15, -0.1) is 12.4 Å². The second kappa shape index (κ2) is 6.97. The van der Waals surface area contributed by atoms with Gasteiger partial charge in [0.05, 0.1) is 6.04 Å². The Bertz CT molecular complexity index is 807. The van der Waals surface area contributed by atoms with Crippen LogP contribution in [-0.2, 0) is 0 Å². The molecule has 0 radical (unpaired) electrons. The van der Waals surface area contributed by atoms with Gasteiger partial charge in [-0.3, -0.25) is 0 Å². The molecule has 1 aromatic heterocycles. The van der Waals surface area contributed by atoms with E-state index in [0.29, 0.717) is 5.03 Å². The molecule has 3 aromatic rings. The van der Waals surface area contributed by atoms with E-state index in [0.717, 1.165) is 27.8 Å². The molecule has 1 unspecified atom stereocenters. The number of hydrogen-bond acceptors (Lipinski definition) is 3. The zero-order valence-corrected chi connectivity index (χ0v) is 13.6. The van der Waals surface area contributed by atoms with Crippen LogP contribution in [0.3, 0.4) is 0 Å². The van der Waals surface area contributed by atoms with E-state index >= 15 is 0 Å². The van der Waals surface area contributed by atoms with Crippen molar-refractivity contribution >= 4 is 35.0 Å². The average molecular weight is 335 g/mol. The number of rotatable bonds is 3. The Kier molecular flexibility index (Phi) is 5.24. The molecule has 3 nitrogen and oxygen atoms in total.